The molecule has 0 fully saturated rings. The molecule has 8 nitrogen and oxygen atoms in total. The van der Waals surface area contributed by atoms with E-state index in [1.807, 2.05) is 0 Å². The predicted molar refractivity (Wildman–Crippen MR) is 155 cm³/mol. The van der Waals surface area contributed by atoms with Gasteiger partial charge in [0.1, 0.15) is 12.7 Å². The molecule has 0 heterocycles. The SMILES string of the molecule is CCCCCCCC/C=C\CCCCCCCCCCCCCC(=O)OC[C@@H](O)COP(=O)(O)OCCN. The molecular weight excluding hydrogens is 505 g/mol. The number of unbranched alkanes of at least 4 members (excludes halogenated alkanes) is 17. The van der Waals surface area contributed by atoms with Crippen molar-refractivity contribution in [3.8, 4) is 0 Å². The van der Waals surface area contributed by atoms with Crippen LogP contribution in [0.2, 0.25) is 0 Å². The van der Waals surface area contributed by atoms with E-state index >= 15 is 0 Å². The summed E-state index contributed by atoms with van der Waals surface area (Å²) >= 11 is 0. The van der Waals surface area contributed by atoms with Crippen molar-refractivity contribution in [1.82, 2.24) is 0 Å². The molecule has 9 heteroatoms. The molecule has 0 bridgehead atoms. The average Bonchev–Trinajstić information content (AvgIpc) is 2.90. The summed E-state index contributed by atoms with van der Waals surface area (Å²) < 4.78 is 25.6. The van der Waals surface area contributed by atoms with E-state index in [1.54, 1.807) is 0 Å². The number of esters is 1. The van der Waals surface area contributed by atoms with Gasteiger partial charge in [0.2, 0.25) is 0 Å². The van der Waals surface area contributed by atoms with Gasteiger partial charge >= 0.3 is 13.8 Å². The van der Waals surface area contributed by atoms with Gasteiger partial charge in [0.25, 0.3) is 0 Å². The minimum Gasteiger partial charge on any atom is -0.463 e. The highest BCUT2D eigenvalue weighted by Crippen LogP contribution is 2.42. The van der Waals surface area contributed by atoms with Crippen LogP contribution >= 0.6 is 7.82 Å². The number of rotatable bonds is 29. The number of nitrogens with two attached hydrogens (primary N) is 1. The van der Waals surface area contributed by atoms with E-state index in [1.165, 1.54) is 103 Å². The van der Waals surface area contributed by atoms with E-state index in [0.29, 0.717) is 6.42 Å². The Morgan fingerprint density at radius 1 is 0.763 bits per heavy atom. The minimum atomic E-state index is -4.24. The van der Waals surface area contributed by atoms with E-state index in [4.69, 9.17) is 10.5 Å². The molecule has 0 saturated heterocycles. The first-order valence-electron chi connectivity index (χ1n) is 15.2. The molecule has 0 aromatic rings. The maximum atomic E-state index is 11.8. The van der Waals surface area contributed by atoms with E-state index in [-0.39, 0.29) is 25.7 Å². The highest BCUT2D eigenvalue weighted by molar-refractivity contribution is 7.47. The van der Waals surface area contributed by atoms with Gasteiger partial charge in [-0.15, -0.1) is 0 Å². The van der Waals surface area contributed by atoms with Gasteiger partial charge in [-0.3, -0.25) is 13.8 Å². The summed E-state index contributed by atoms with van der Waals surface area (Å²) in [4.78, 5) is 21.1. The largest absolute Gasteiger partial charge is 0.472 e. The van der Waals surface area contributed by atoms with Crippen LogP contribution in [0.1, 0.15) is 135 Å². The topological polar surface area (TPSA) is 128 Å². The van der Waals surface area contributed by atoms with Crippen LogP contribution in [0.3, 0.4) is 0 Å². The third-order valence-electron chi connectivity index (χ3n) is 6.38. The third kappa shape index (κ3) is 28.3. The summed E-state index contributed by atoms with van der Waals surface area (Å²) in [5.41, 5.74) is 5.18. The number of hydrogen-bond donors (Lipinski definition) is 3. The molecule has 0 amide bonds. The van der Waals surface area contributed by atoms with E-state index in [9.17, 15) is 19.4 Å². The molecule has 0 spiro atoms. The van der Waals surface area contributed by atoms with E-state index < -0.39 is 20.5 Å². The molecular formula is C29H58NO7P. The lowest BCUT2D eigenvalue weighted by Gasteiger charge is -2.15. The molecule has 0 radical (unpaired) electrons. The van der Waals surface area contributed by atoms with Crippen molar-refractivity contribution in [2.45, 2.75) is 141 Å². The summed E-state index contributed by atoms with van der Waals surface area (Å²) in [6.45, 7) is 1.46. The molecule has 0 aromatic heterocycles. The molecule has 4 N–H and O–H groups in total. The Balaban J connectivity index is 3.37. The fraction of sp³-hybridized carbons (Fsp3) is 0.897. The van der Waals surface area contributed by atoms with Gasteiger partial charge in [-0.05, 0) is 32.1 Å². The van der Waals surface area contributed by atoms with Crippen molar-refractivity contribution < 1.29 is 33.1 Å². The molecule has 0 aliphatic rings. The van der Waals surface area contributed by atoms with Crippen molar-refractivity contribution in [2.75, 3.05) is 26.4 Å². The number of hydrogen-bond acceptors (Lipinski definition) is 7. The Morgan fingerprint density at radius 2 is 1.24 bits per heavy atom. The second-order valence-corrected chi connectivity index (χ2v) is 11.6. The summed E-state index contributed by atoms with van der Waals surface area (Å²) in [5.74, 6) is -0.385. The highest BCUT2D eigenvalue weighted by Gasteiger charge is 2.22. The quantitative estimate of drug-likeness (QED) is 0.0373. The molecule has 1 unspecified atom stereocenters. The van der Waals surface area contributed by atoms with Crippen LogP contribution in [-0.2, 0) is 23.1 Å². The van der Waals surface area contributed by atoms with Crippen molar-refractivity contribution in [1.29, 1.82) is 0 Å². The molecule has 0 aliphatic carbocycles. The van der Waals surface area contributed by atoms with Crippen LogP contribution in [-0.4, -0.2) is 48.4 Å². The Labute approximate surface area is 232 Å². The summed E-state index contributed by atoms with van der Waals surface area (Å²) in [6.07, 6.45) is 27.8. The van der Waals surface area contributed by atoms with Crippen LogP contribution in [0.15, 0.2) is 12.2 Å². The van der Waals surface area contributed by atoms with Gasteiger partial charge in [0, 0.05) is 13.0 Å². The third-order valence-corrected chi connectivity index (χ3v) is 7.37. The Bertz CT molecular complexity index is 603. The van der Waals surface area contributed by atoms with Crippen LogP contribution in [0.4, 0.5) is 0 Å². The summed E-state index contributed by atoms with van der Waals surface area (Å²) in [6, 6.07) is 0. The van der Waals surface area contributed by atoms with Crippen molar-refractivity contribution in [2.24, 2.45) is 5.73 Å². The van der Waals surface area contributed by atoms with Gasteiger partial charge < -0.3 is 20.5 Å². The van der Waals surface area contributed by atoms with E-state index in [2.05, 4.69) is 28.1 Å². The number of phosphoric ester groups is 1. The zero-order valence-electron chi connectivity index (χ0n) is 24.2. The number of ether oxygens (including phenoxy) is 1. The standard InChI is InChI=1S/C29H58NO7P/c1-2-3-4-5-6-7-8-9-10-11-12-13-14-15-16-17-18-19-20-21-22-23-29(32)35-26-28(31)27-37-38(33,34)36-25-24-30/h9-10,28,31H,2-8,11-27,30H2,1H3,(H,33,34)/b10-9-/t28-/m1/s1. The van der Waals surface area contributed by atoms with Gasteiger partial charge in [0.05, 0.1) is 13.2 Å². The van der Waals surface area contributed by atoms with Crippen molar-refractivity contribution in [3.05, 3.63) is 12.2 Å². The molecule has 2 atom stereocenters. The van der Waals surface area contributed by atoms with Crippen LogP contribution in [0.25, 0.3) is 0 Å². The van der Waals surface area contributed by atoms with Crippen LogP contribution in [0.5, 0.6) is 0 Å². The first-order chi connectivity index (χ1) is 18.4. The zero-order valence-corrected chi connectivity index (χ0v) is 25.1. The fourth-order valence-corrected chi connectivity index (χ4v) is 4.87. The normalized spacial score (nSPS) is 14.1. The van der Waals surface area contributed by atoms with Crippen LogP contribution < -0.4 is 5.73 Å². The van der Waals surface area contributed by atoms with Gasteiger partial charge in [-0.25, -0.2) is 4.57 Å². The Hall–Kier alpha value is -0.760. The van der Waals surface area contributed by atoms with Gasteiger partial charge in [0.15, 0.2) is 0 Å². The second-order valence-electron chi connectivity index (χ2n) is 10.2. The van der Waals surface area contributed by atoms with Crippen molar-refractivity contribution >= 4 is 13.8 Å². The number of carbonyl (C=O) groups excluding carboxylic acids is 1. The average molecular weight is 564 g/mol. The number of aliphatic hydroxyl groups is 1. The lowest BCUT2D eigenvalue weighted by Crippen LogP contribution is -2.23. The molecule has 0 aliphatic heterocycles. The first-order valence-corrected chi connectivity index (χ1v) is 16.7. The van der Waals surface area contributed by atoms with Crippen LogP contribution in [0, 0.1) is 0 Å². The number of allylic oxidation sites excluding steroid dienone is 2. The second kappa shape index (κ2) is 27.8. The van der Waals surface area contributed by atoms with E-state index in [0.717, 1.165) is 19.3 Å². The first kappa shape index (κ1) is 37.2. The molecule has 0 saturated carbocycles. The monoisotopic (exact) mass is 563 g/mol. The van der Waals surface area contributed by atoms with Crippen molar-refractivity contribution in [3.63, 3.8) is 0 Å². The number of phosphoric acid groups is 1. The molecule has 226 valence electrons. The fourth-order valence-electron chi connectivity index (χ4n) is 4.10. The predicted octanol–water partition coefficient (Wildman–Crippen LogP) is 7.36. The van der Waals surface area contributed by atoms with Gasteiger partial charge in [-0.1, -0.05) is 109 Å². The maximum Gasteiger partial charge on any atom is 0.472 e. The van der Waals surface area contributed by atoms with Gasteiger partial charge in [-0.2, -0.15) is 0 Å². The number of carbonyl (C=O) groups is 1. The minimum absolute atomic E-state index is 0.0753. The Morgan fingerprint density at radius 3 is 1.74 bits per heavy atom. The Kier molecular flexibility index (Phi) is 27.2. The lowest BCUT2D eigenvalue weighted by molar-refractivity contribution is -0.147. The number of aliphatic hydroxyl groups excluding tert-OH is 1. The maximum absolute atomic E-state index is 11.8. The molecule has 38 heavy (non-hydrogen) atoms. The molecule has 0 aromatic carbocycles. The zero-order chi connectivity index (χ0) is 28.2. The summed E-state index contributed by atoms with van der Waals surface area (Å²) in [5, 5.41) is 9.72. The molecule has 0 rings (SSSR count). The summed E-state index contributed by atoms with van der Waals surface area (Å²) in [7, 11) is -4.24. The highest BCUT2D eigenvalue weighted by atomic mass is 31.2. The lowest BCUT2D eigenvalue weighted by atomic mass is 10.0. The smallest absolute Gasteiger partial charge is 0.463 e.